The van der Waals surface area contributed by atoms with E-state index in [-0.39, 0.29) is 5.70 Å². The van der Waals surface area contributed by atoms with Gasteiger partial charge >= 0.3 is 0 Å². The lowest BCUT2D eigenvalue weighted by Crippen LogP contribution is -2.33. The Labute approximate surface area is 168 Å². The number of amides is 1. The first-order chi connectivity index (χ1) is 12.7. The van der Waals surface area contributed by atoms with E-state index in [1.165, 1.54) is 11.8 Å². The molecule has 1 atom stereocenters. The van der Waals surface area contributed by atoms with Gasteiger partial charge in [0.1, 0.15) is 5.83 Å². The zero-order valence-electron chi connectivity index (χ0n) is 15.6. The highest BCUT2D eigenvalue weighted by Crippen LogP contribution is 2.33. The Balaban J connectivity index is 2.38. The van der Waals surface area contributed by atoms with E-state index in [4.69, 9.17) is 17.3 Å². The number of carbonyl (C=O) groups is 1. The minimum absolute atomic E-state index is 0.0272. The molecule has 1 heterocycles. The molecule has 0 saturated heterocycles. The average molecular weight is 408 g/mol. The van der Waals surface area contributed by atoms with E-state index in [2.05, 4.69) is 16.9 Å². The third-order valence-electron chi connectivity index (χ3n) is 4.42. The second-order valence-corrected chi connectivity index (χ2v) is 7.94. The van der Waals surface area contributed by atoms with E-state index < -0.39 is 17.3 Å². The summed E-state index contributed by atoms with van der Waals surface area (Å²) in [7, 11) is 0. The number of halogens is 2. The number of nitrogens with two attached hydrogens (primary N) is 1. The number of aliphatic imine (C=N–C) groups is 1. The van der Waals surface area contributed by atoms with Crippen molar-refractivity contribution in [3.63, 3.8) is 0 Å². The number of amidine groups is 1. The number of nitrogens with zero attached hydrogens (tertiary/aromatic N) is 1. The molecule has 0 aliphatic carbocycles. The van der Waals surface area contributed by atoms with Crippen LogP contribution in [0.4, 0.5) is 4.39 Å². The zero-order chi connectivity index (χ0) is 20.2. The summed E-state index contributed by atoms with van der Waals surface area (Å²) in [6, 6.07) is 5.14. The topological polar surface area (TPSA) is 67.5 Å². The van der Waals surface area contributed by atoms with Crippen LogP contribution >= 0.6 is 23.4 Å². The van der Waals surface area contributed by atoms with Gasteiger partial charge in [-0.1, -0.05) is 48.2 Å². The molecule has 0 fully saturated rings. The average Bonchev–Trinajstić information content (AvgIpc) is 2.57. The standard InChI is InChI=1S/C20H23ClFN3OS/c1-5-14(20(4)9-10-27-19(23)25-20)11-16(13(3)22)24-18(26)17-12(2)7-6-8-15(17)21/h5-8,11H,3,9-10H2,1-2,4H3,(H2,23,25)(H,24,26)/b14-5+,16-11+. The molecular formula is C20H23ClFN3OS. The molecule has 3 N–H and O–H groups in total. The van der Waals surface area contributed by atoms with Crippen molar-refractivity contribution in [1.82, 2.24) is 5.32 Å². The van der Waals surface area contributed by atoms with E-state index in [1.54, 1.807) is 31.2 Å². The maximum Gasteiger partial charge on any atom is 0.257 e. The summed E-state index contributed by atoms with van der Waals surface area (Å²) in [6.07, 6.45) is 4.14. The number of hydrogen-bond acceptors (Lipinski definition) is 4. The first-order valence-corrected chi connectivity index (χ1v) is 9.82. The molecule has 1 aromatic carbocycles. The first-order valence-electron chi connectivity index (χ1n) is 8.46. The van der Waals surface area contributed by atoms with Crippen LogP contribution in [-0.4, -0.2) is 22.4 Å². The molecule has 0 aromatic heterocycles. The Hall–Kier alpha value is -2.05. The normalized spacial score (nSPS) is 20.9. The van der Waals surface area contributed by atoms with Gasteiger partial charge in [0.05, 0.1) is 21.8 Å². The Morgan fingerprint density at radius 1 is 1.52 bits per heavy atom. The number of benzene rings is 1. The fraction of sp³-hybridized carbons (Fsp3) is 0.300. The molecule has 1 aliphatic heterocycles. The number of rotatable bonds is 5. The minimum Gasteiger partial charge on any atom is -0.379 e. The van der Waals surface area contributed by atoms with Gasteiger partial charge in [0.15, 0.2) is 5.17 Å². The van der Waals surface area contributed by atoms with Crippen molar-refractivity contribution >= 4 is 34.4 Å². The molecule has 1 aliphatic rings. The number of nitrogens with one attached hydrogen (secondary N) is 1. The van der Waals surface area contributed by atoms with Crippen molar-refractivity contribution in [3.8, 4) is 0 Å². The molecular weight excluding hydrogens is 385 g/mol. The summed E-state index contributed by atoms with van der Waals surface area (Å²) in [4.78, 5) is 17.2. The first kappa shape index (κ1) is 21.3. The summed E-state index contributed by atoms with van der Waals surface area (Å²) in [5, 5.41) is 3.38. The molecule has 2 rings (SSSR count). The maximum absolute atomic E-state index is 14.1. The molecule has 1 unspecified atom stereocenters. The van der Waals surface area contributed by atoms with Crippen LogP contribution in [0.3, 0.4) is 0 Å². The van der Waals surface area contributed by atoms with Gasteiger partial charge in [-0.05, 0) is 50.5 Å². The highest BCUT2D eigenvalue weighted by molar-refractivity contribution is 8.13. The van der Waals surface area contributed by atoms with Gasteiger partial charge in [0.2, 0.25) is 0 Å². The molecule has 7 heteroatoms. The molecule has 0 bridgehead atoms. The van der Waals surface area contributed by atoms with Crippen molar-refractivity contribution in [3.05, 3.63) is 70.2 Å². The molecule has 0 radical (unpaired) electrons. The second-order valence-electron chi connectivity index (χ2n) is 6.42. The third-order valence-corrected chi connectivity index (χ3v) is 5.53. The Morgan fingerprint density at radius 3 is 2.78 bits per heavy atom. The number of allylic oxidation sites excluding steroid dienone is 2. The number of carbonyl (C=O) groups excluding carboxylic acids is 1. The Bertz CT molecular complexity index is 843. The summed E-state index contributed by atoms with van der Waals surface area (Å²) < 4.78 is 14.1. The molecule has 144 valence electrons. The van der Waals surface area contributed by atoms with Gasteiger partial charge in [-0.25, -0.2) is 4.39 Å². The zero-order valence-corrected chi connectivity index (χ0v) is 17.2. The largest absolute Gasteiger partial charge is 0.379 e. The Morgan fingerprint density at radius 2 is 2.22 bits per heavy atom. The molecule has 1 amide bonds. The smallest absolute Gasteiger partial charge is 0.257 e. The number of aryl methyl sites for hydroxylation is 1. The quantitative estimate of drug-likeness (QED) is 0.682. The van der Waals surface area contributed by atoms with Crippen LogP contribution in [0, 0.1) is 6.92 Å². The minimum atomic E-state index is -0.752. The maximum atomic E-state index is 14.1. The number of thioether (sulfide) groups is 1. The summed E-state index contributed by atoms with van der Waals surface area (Å²) >= 11 is 7.63. The SMILES string of the molecule is C=C(F)/C(=C\C(=C/C)C1(C)CCSC(N)=N1)NC(=O)c1c(C)cccc1Cl. The lowest BCUT2D eigenvalue weighted by Gasteiger charge is -2.31. The van der Waals surface area contributed by atoms with Crippen LogP contribution in [0.2, 0.25) is 5.02 Å². The monoisotopic (exact) mass is 407 g/mol. The molecule has 0 saturated carbocycles. The second kappa shape index (κ2) is 8.76. The predicted molar refractivity (Wildman–Crippen MR) is 113 cm³/mol. The van der Waals surface area contributed by atoms with E-state index in [0.29, 0.717) is 21.3 Å². The van der Waals surface area contributed by atoms with Crippen molar-refractivity contribution in [2.45, 2.75) is 32.7 Å². The molecule has 0 spiro atoms. The molecule has 4 nitrogen and oxygen atoms in total. The third kappa shape index (κ3) is 5.02. The number of hydrogen-bond donors (Lipinski definition) is 2. The van der Waals surface area contributed by atoms with Gasteiger partial charge in [-0.3, -0.25) is 9.79 Å². The summed E-state index contributed by atoms with van der Waals surface area (Å²) in [5.41, 5.74) is 7.00. The Kier molecular flexibility index (Phi) is 6.89. The van der Waals surface area contributed by atoms with E-state index in [0.717, 1.165) is 17.7 Å². The van der Waals surface area contributed by atoms with Crippen molar-refractivity contribution in [1.29, 1.82) is 0 Å². The summed E-state index contributed by atoms with van der Waals surface area (Å²) in [6.45, 7) is 8.88. The van der Waals surface area contributed by atoms with E-state index in [1.807, 2.05) is 19.9 Å². The van der Waals surface area contributed by atoms with Crippen LogP contribution < -0.4 is 11.1 Å². The molecule has 27 heavy (non-hydrogen) atoms. The van der Waals surface area contributed by atoms with Gasteiger partial charge in [-0.2, -0.15) is 0 Å². The van der Waals surface area contributed by atoms with Crippen LogP contribution in [0.15, 0.2) is 59.0 Å². The van der Waals surface area contributed by atoms with Crippen LogP contribution in [0.5, 0.6) is 0 Å². The lowest BCUT2D eigenvalue weighted by molar-refractivity contribution is 0.0965. The highest BCUT2D eigenvalue weighted by atomic mass is 35.5. The van der Waals surface area contributed by atoms with Crippen LogP contribution in [-0.2, 0) is 0 Å². The van der Waals surface area contributed by atoms with Crippen LogP contribution in [0.1, 0.15) is 36.2 Å². The van der Waals surface area contributed by atoms with Gasteiger partial charge in [0.25, 0.3) is 5.91 Å². The van der Waals surface area contributed by atoms with Crippen LogP contribution in [0.25, 0.3) is 0 Å². The predicted octanol–water partition coefficient (Wildman–Crippen LogP) is 4.90. The van der Waals surface area contributed by atoms with Gasteiger partial charge < -0.3 is 11.1 Å². The van der Waals surface area contributed by atoms with E-state index in [9.17, 15) is 9.18 Å². The lowest BCUT2D eigenvalue weighted by atomic mass is 9.88. The summed E-state index contributed by atoms with van der Waals surface area (Å²) in [5.74, 6) is -0.433. The molecule has 1 aromatic rings. The fourth-order valence-electron chi connectivity index (χ4n) is 2.89. The fourth-order valence-corrected chi connectivity index (χ4v) is 4.17. The van der Waals surface area contributed by atoms with Crippen molar-refractivity contribution in [2.24, 2.45) is 10.7 Å². The van der Waals surface area contributed by atoms with E-state index >= 15 is 0 Å². The van der Waals surface area contributed by atoms with Gasteiger partial charge in [0, 0.05) is 5.75 Å². The highest BCUT2D eigenvalue weighted by Gasteiger charge is 2.30. The van der Waals surface area contributed by atoms with Crippen molar-refractivity contribution < 1.29 is 9.18 Å². The van der Waals surface area contributed by atoms with Gasteiger partial charge in [-0.15, -0.1) is 0 Å². The van der Waals surface area contributed by atoms with Crippen molar-refractivity contribution in [2.75, 3.05) is 5.75 Å².